The van der Waals surface area contributed by atoms with Crippen LogP contribution in [0.2, 0.25) is 0 Å². The van der Waals surface area contributed by atoms with Gasteiger partial charge in [0.15, 0.2) is 0 Å². The predicted molar refractivity (Wildman–Crippen MR) is 70.9 cm³/mol. The number of anilines is 2. The third kappa shape index (κ3) is 3.76. The summed E-state index contributed by atoms with van der Waals surface area (Å²) < 4.78 is 4.82. The van der Waals surface area contributed by atoms with Crippen LogP contribution >= 0.6 is 0 Å². The molecule has 98 valence electrons. The van der Waals surface area contributed by atoms with Gasteiger partial charge in [0.05, 0.1) is 18.0 Å². The number of hydrogen-bond acceptors (Lipinski definition) is 3. The Bertz CT molecular complexity index is 470. The van der Waals surface area contributed by atoms with Crippen molar-refractivity contribution in [2.45, 2.75) is 27.7 Å². The predicted octanol–water partition coefficient (Wildman–Crippen LogP) is 2.83. The minimum atomic E-state index is -0.533. The lowest BCUT2D eigenvalue weighted by Crippen LogP contribution is -2.17. The molecule has 5 nitrogen and oxygen atoms in total. The molecule has 0 aliphatic carbocycles. The van der Waals surface area contributed by atoms with E-state index >= 15 is 0 Å². The molecule has 0 saturated heterocycles. The first-order valence-electron chi connectivity index (χ1n) is 5.76. The monoisotopic (exact) mass is 250 g/mol. The summed E-state index contributed by atoms with van der Waals surface area (Å²) in [5.74, 6) is -0.186. The molecule has 0 radical (unpaired) electrons. The molecule has 0 saturated carbocycles. The lowest BCUT2D eigenvalue weighted by molar-refractivity contribution is -0.114. The molecule has 0 heterocycles. The third-order valence-corrected chi connectivity index (χ3v) is 2.29. The van der Waals surface area contributed by atoms with E-state index in [0.717, 1.165) is 11.1 Å². The number of carbonyl (C=O) groups excluding carboxylic acids is 2. The summed E-state index contributed by atoms with van der Waals surface area (Å²) in [5.41, 5.74) is 3.02. The summed E-state index contributed by atoms with van der Waals surface area (Å²) in [6.45, 7) is 7.24. The Kier molecular flexibility index (Phi) is 4.71. The Balaban J connectivity index is 3.06. The summed E-state index contributed by atoms with van der Waals surface area (Å²) in [6.07, 6.45) is -0.533. The fourth-order valence-corrected chi connectivity index (χ4v) is 1.69. The van der Waals surface area contributed by atoms with E-state index in [9.17, 15) is 9.59 Å². The first-order valence-corrected chi connectivity index (χ1v) is 5.76. The van der Waals surface area contributed by atoms with Crippen LogP contribution in [0.4, 0.5) is 16.2 Å². The summed E-state index contributed by atoms with van der Waals surface area (Å²) in [7, 11) is 0. The van der Waals surface area contributed by atoms with E-state index < -0.39 is 6.09 Å². The topological polar surface area (TPSA) is 67.4 Å². The van der Waals surface area contributed by atoms with Crippen LogP contribution < -0.4 is 10.6 Å². The first-order chi connectivity index (χ1) is 8.43. The van der Waals surface area contributed by atoms with Gasteiger partial charge in [0.1, 0.15) is 0 Å². The zero-order chi connectivity index (χ0) is 13.7. The molecule has 0 fully saturated rings. The molecule has 0 aliphatic heterocycles. The maximum atomic E-state index is 11.4. The average molecular weight is 250 g/mol. The molecule has 0 unspecified atom stereocenters. The SMILES string of the molecule is CCOC(=O)Nc1cc(C)cc(C)c1NC(C)=O. The Labute approximate surface area is 107 Å². The standard InChI is InChI=1S/C13H18N2O3/c1-5-18-13(17)15-11-7-8(2)6-9(3)12(11)14-10(4)16/h6-7H,5H2,1-4H3,(H,14,16)(H,15,17). The Morgan fingerprint density at radius 2 is 1.89 bits per heavy atom. The van der Waals surface area contributed by atoms with Crippen LogP contribution in [-0.2, 0) is 9.53 Å². The lowest BCUT2D eigenvalue weighted by Gasteiger charge is -2.15. The Morgan fingerprint density at radius 3 is 2.44 bits per heavy atom. The number of carbonyl (C=O) groups is 2. The number of amides is 2. The van der Waals surface area contributed by atoms with E-state index in [1.54, 1.807) is 13.0 Å². The van der Waals surface area contributed by atoms with E-state index in [4.69, 9.17) is 4.74 Å². The van der Waals surface area contributed by atoms with E-state index in [-0.39, 0.29) is 5.91 Å². The second-order valence-electron chi connectivity index (χ2n) is 4.03. The number of nitrogens with one attached hydrogen (secondary N) is 2. The Morgan fingerprint density at radius 1 is 1.22 bits per heavy atom. The van der Waals surface area contributed by atoms with E-state index in [1.807, 2.05) is 19.9 Å². The fraction of sp³-hybridized carbons (Fsp3) is 0.385. The zero-order valence-corrected chi connectivity index (χ0v) is 11.1. The van der Waals surface area contributed by atoms with Crippen molar-refractivity contribution in [3.05, 3.63) is 23.3 Å². The largest absolute Gasteiger partial charge is 0.450 e. The number of hydrogen-bond donors (Lipinski definition) is 2. The van der Waals surface area contributed by atoms with Crippen molar-refractivity contribution in [2.24, 2.45) is 0 Å². The molecule has 5 heteroatoms. The van der Waals surface area contributed by atoms with Gasteiger partial charge in [-0.05, 0) is 38.0 Å². The summed E-state index contributed by atoms with van der Waals surface area (Å²) in [5, 5.41) is 5.33. The van der Waals surface area contributed by atoms with E-state index in [0.29, 0.717) is 18.0 Å². The van der Waals surface area contributed by atoms with Crippen molar-refractivity contribution < 1.29 is 14.3 Å². The molecule has 0 spiro atoms. The summed E-state index contributed by atoms with van der Waals surface area (Å²) >= 11 is 0. The van der Waals surface area contributed by atoms with Crippen LogP contribution in [0.5, 0.6) is 0 Å². The Hall–Kier alpha value is -2.04. The maximum Gasteiger partial charge on any atom is 0.411 e. The fourth-order valence-electron chi connectivity index (χ4n) is 1.69. The number of benzene rings is 1. The maximum absolute atomic E-state index is 11.4. The van der Waals surface area contributed by atoms with Crippen LogP contribution in [0.1, 0.15) is 25.0 Å². The van der Waals surface area contributed by atoms with Crippen LogP contribution in [0, 0.1) is 13.8 Å². The number of aryl methyl sites for hydroxylation is 2. The van der Waals surface area contributed by atoms with Crippen molar-refractivity contribution in [1.29, 1.82) is 0 Å². The molecule has 18 heavy (non-hydrogen) atoms. The van der Waals surface area contributed by atoms with Crippen molar-refractivity contribution in [3.63, 3.8) is 0 Å². The van der Waals surface area contributed by atoms with E-state index in [2.05, 4.69) is 10.6 Å². The highest BCUT2D eigenvalue weighted by Gasteiger charge is 2.11. The lowest BCUT2D eigenvalue weighted by atomic mass is 10.1. The molecule has 1 rings (SSSR count). The van der Waals surface area contributed by atoms with Crippen molar-refractivity contribution >= 4 is 23.4 Å². The van der Waals surface area contributed by atoms with Crippen LogP contribution in [0.15, 0.2) is 12.1 Å². The third-order valence-electron chi connectivity index (χ3n) is 2.29. The number of ether oxygens (including phenoxy) is 1. The molecule has 0 aliphatic rings. The van der Waals surface area contributed by atoms with Gasteiger partial charge in [0.25, 0.3) is 0 Å². The molecule has 1 aromatic carbocycles. The van der Waals surface area contributed by atoms with Gasteiger partial charge in [-0.1, -0.05) is 6.07 Å². The molecule has 2 N–H and O–H groups in total. The highest BCUT2D eigenvalue weighted by molar-refractivity contribution is 5.98. The molecule has 0 atom stereocenters. The minimum absolute atomic E-state index is 0.186. The normalized spacial score (nSPS) is 9.78. The van der Waals surface area contributed by atoms with Gasteiger partial charge in [-0.15, -0.1) is 0 Å². The summed E-state index contributed by atoms with van der Waals surface area (Å²) in [6, 6.07) is 3.72. The van der Waals surface area contributed by atoms with Gasteiger partial charge in [0, 0.05) is 6.92 Å². The van der Waals surface area contributed by atoms with Gasteiger partial charge in [-0.25, -0.2) is 4.79 Å². The molecule has 2 amide bonds. The molecule has 0 aromatic heterocycles. The minimum Gasteiger partial charge on any atom is -0.450 e. The number of rotatable bonds is 3. The van der Waals surface area contributed by atoms with Crippen molar-refractivity contribution in [2.75, 3.05) is 17.2 Å². The van der Waals surface area contributed by atoms with E-state index in [1.165, 1.54) is 6.92 Å². The molecular weight excluding hydrogens is 232 g/mol. The molecule has 0 bridgehead atoms. The summed E-state index contributed by atoms with van der Waals surface area (Å²) in [4.78, 5) is 22.6. The van der Waals surface area contributed by atoms with Crippen molar-refractivity contribution in [1.82, 2.24) is 0 Å². The average Bonchev–Trinajstić information content (AvgIpc) is 2.23. The van der Waals surface area contributed by atoms with Crippen molar-refractivity contribution in [3.8, 4) is 0 Å². The zero-order valence-electron chi connectivity index (χ0n) is 11.1. The van der Waals surface area contributed by atoms with Gasteiger partial charge >= 0.3 is 6.09 Å². The highest BCUT2D eigenvalue weighted by atomic mass is 16.5. The van der Waals surface area contributed by atoms with Gasteiger partial charge < -0.3 is 10.1 Å². The highest BCUT2D eigenvalue weighted by Crippen LogP contribution is 2.27. The first kappa shape index (κ1) is 14.0. The second kappa shape index (κ2) is 6.05. The van der Waals surface area contributed by atoms with Crippen LogP contribution in [0.3, 0.4) is 0 Å². The second-order valence-corrected chi connectivity index (χ2v) is 4.03. The molecular formula is C13H18N2O3. The smallest absolute Gasteiger partial charge is 0.411 e. The van der Waals surface area contributed by atoms with Crippen LogP contribution in [-0.4, -0.2) is 18.6 Å². The van der Waals surface area contributed by atoms with Crippen LogP contribution in [0.25, 0.3) is 0 Å². The molecule has 1 aromatic rings. The van der Waals surface area contributed by atoms with Gasteiger partial charge in [-0.2, -0.15) is 0 Å². The quantitative estimate of drug-likeness (QED) is 0.866. The van der Waals surface area contributed by atoms with Gasteiger partial charge in [-0.3, -0.25) is 10.1 Å². The van der Waals surface area contributed by atoms with Gasteiger partial charge in [0.2, 0.25) is 5.91 Å².